The van der Waals surface area contributed by atoms with Gasteiger partial charge in [0.2, 0.25) is 0 Å². The van der Waals surface area contributed by atoms with Crippen LogP contribution in [-0.2, 0) is 16.1 Å². The number of benzene rings is 1. The summed E-state index contributed by atoms with van der Waals surface area (Å²) in [5, 5.41) is 5.82. The number of hydrogen-bond donors (Lipinski definition) is 2. The number of aliphatic imine (C=N–C) groups is 1. The number of nitrogens with one attached hydrogen (secondary N) is 2. The molecule has 1 saturated heterocycles. The first kappa shape index (κ1) is 29.0. The minimum Gasteiger partial charge on any atom is -0.444 e. The molecule has 204 valence electrons. The molecule has 0 bridgehead atoms. The Kier molecular flexibility index (Phi) is 9.74. The highest BCUT2D eigenvalue weighted by atomic mass is 19.1. The Morgan fingerprint density at radius 1 is 1.29 bits per heavy atom. The van der Waals surface area contributed by atoms with Gasteiger partial charge in [0, 0.05) is 42.3 Å². The van der Waals surface area contributed by atoms with Crippen LogP contribution in [0.15, 0.2) is 54.2 Å². The van der Waals surface area contributed by atoms with Gasteiger partial charge in [-0.1, -0.05) is 12.6 Å². The molecule has 0 spiro atoms. The molecule has 2 heterocycles. The van der Waals surface area contributed by atoms with E-state index in [-0.39, 0.29) is 11.8 Å². The number of amides is 2. The number of carbonyl (C=O) groups excluding carboxylic acids is 2. The van der Waals surface area contributed by atoms with Crippen LogP contribution in [0.5, 0.6) is 0 Å². The summed E-state index contributed by atoms with van der Waals surface area (Å²) < 4.78 is 18.8. The lowest BCUT2D eigenvalue weighted by molar-refractivity contribution is -0.110. The number of alkyl halides is 1. The summed E-state index contributed by atoms with van der Waals surface area (Å²) in [6.07, 6.45) is 2.92. The zero-order valence-electron chi connectivity index (χ0n) is 22.9. The van der Waals surface area contributed by atoms with Gasteiger partial charge >= 0.3 is 6.09 Å². The molecule has 2 N–H and O–H groups in total. The maximum Gasteiger partial charge on any atom is 0.407 e. The van der Waals surface area contributed by atoms with E-state index in [2.05, 4.69) is 38.2 Å². The number of alkyl carbamates (subject to hydrolysis) is 1. The van der Waals surface area contributed by atoms with E-state index in [1.165, 1.54) is 13.0 Å². The van der Waals surface area contributed by atoms with Gasteiger partial charge in [0.25, 0.3) is 5.91 Å². The van der Waals surface area contributed by atoms with Gasteiger partial charge < -0.3 is 15.4 Å². The summed E-state index contributed by atoms with van der Waals surface area (Å²) in [6, 6.07) is 9.72. The van der Waals surface area contributed by atoms with Gasteiger partial charge in [-0.25, -0.2) is 14.2 Å². The van der Waals surface area contributed by atoms with Gasteiger partial charge in [-0.3, -0.25) is 14.7 Å². The first-order chi connectivity index (χ1) is 17.9. The van der Waals surface area contributed by atoms with E-state index in [4.69, 9.17) is 4.74 Å². The van der Waals surface area contributed by atoms with Gasteiger partial charge in [-0.05, 0) is 95.5 Å². The lowest BCUT2D eigenvalue weighted by Gasteiger charge is -2.33. The minimum atomic E-state index is -1.52. The van der Waals surface area contributed by atoms with Crippen molar-refractivity contribution in [2.75, 3.05) is 18.4 Å². The van der Waals surface area contributed by atoms with Crippen molar-refractivity contribution in [3.63, 3.8) is 0 Å². The average molecular weight is 524 g/mol. The van der Waals surface area contributed by atoms with Crippen molar-refractivity contribution in [1.82, 2.24) is 15.2 Å². The van der Waals surface area contributed by atoms with Crippen LogP contribution in [0.4, 0.5) is 14.9 Å². The molecular weight excluding hydrogens is 485 g/mol. The number of pyridine rings is 1. The van der Waals surface area contributed by atoms with Crippen LogP contribution >= 0.6 is 0 Å². The number of anilines is 1. The largest absolute Gasteiger partial charge is 0.444 e. The van der Waals surface area contributed by atoms with Crippen molar-refractivity contribution in [1.29, 1.82) is 0 Å². The van der Waals surface area contributed by atoms with E-state index < -0.39 is 23.9 Å². The van der Waals surface area contributed by atoms with Gasteiger partial charge in [-0.15, -0.1) is 0 Å². The number of nitrogens with zero attached hydrogens (tertiary/aromatic N) is 3. The summed E-state index contributed by atoms with van der Waals surface area (Å²) >= 11 is 0. The Hall–Kier alpha value is -3.59. The Balaban J connectivity index is 1.82. The molecule has 2 atom stereocenters. The second-order valence-electron chi connectivity index (χ2n) is 10.6. The number of ether oxygens (including phenoxy) is 1. The number of aromatic nitrogens is 1. The molecule has 8 nitrogen and oxygen atoms in total. The fourth-order valence-corrected chi connectivity index (χ4v) is 4.30. The van der Waals surface area contributed by atoms with Crippen LogP contribution < -0.4 is 10.6 Å². The van der Waals surface area contributed by atoms with E-state index in [9.17, 15) is 14.0 Å². The van der Waals surface area contributed by atoms with Crippen molar-refractivity contribution in [3.05, 3.63) is 60.4 Å². The smallest absolute Gasteiger partial charge is 0.407 e. The summed E-state index contributed by atoms with van der Waals surface area (Å²) in [4.78, 5) is 35.4. The maximum atomic E-state index is 13.4. The number of aryl methyl sites for hydroxylation is 1. The maximum absolute atomic E-state index is 13.4. The molecule has 2 aromatic rings. The minimum absolute atomic E-state index is 0.0173. The van der Waals surface area contributed by atoms with Crippen LogP contribution in [0, 0.1) is 6.92 Å². The zero-order valence-corrected chi connectivity index (χ0v) is 22.9. The number of rotatable bonds is 8. The molecule has 9 heteroatoms. The predicted molar refractivity (Wildman–Crippen MR) is 149 cm³/mol. The molecule has 0 radical (unpaired) electrons. The average Bonchev–Trinajstić information content (AvgIpc) is 2.81. The normalized spacial score (nSPS) is 17.4. The standard InChI is InChI=1S/C29H38FN5O3/c1-7-26(32-20(3)30)27(36)33-25-14-21(13-23(15-25)22-11-10-19(2)31-16-22)17-35-12-8-9-24(18-35)34-28(37)38-29(4,5)6/h7,10-11,13-16,20,24H,1,8-9,12,17-18H2,2-6H3,(H,33,36)(H,34,37)/b32-26+/t20?,24-/m0/s1. The Morgan fingerprint density at radius 2 is 2.05 bits per heavy atom. The van der Waals surface area contributed by atoms with E-state index in [0.29, 0.717) is 18.8 Å². The first-order valence-electron chi connectivity index (χ1n) is 12.9. The number of carbonyl (C=O) groups is 2. The third kappa shape index (κ3) is 9.06. The lowest BCUT2D eigenvalue weighted by atomic mass is 10.0. The van der Waals surface area contributed by atoms with Crippen LogP contribution in [0.3, 0.4) is 0 Å². The molecule has 1 aliphatic heterocycles. The van der Waals surface area contributed by atoms with E-state index in [1.807, 2.05) is 52.0 Å². The summed E-state index contributed by atoms with van der Waals surface area (Å²) in [5.41, 5.74) is 3.62. The third-order valence-electron chi connectivity index (χ3n) is 5.87. The van der Waals surface area contributed by atoms with Crippen molar-refractivity contribution >= 4 is 23.4 Å². The SMILES string of the molecule is C=C/C(=N\C(C)F)C(=O)Nc1cc(CN2CCC[C@H](NC(=O)OC(C)(C)C)C2)cc(-c2ccc(C)nc2)c1. The molecule has 1 aromatic heterocycles. The van der Waals surface area contributed by atoms with Crippen molar-refractivity contribution < 1.29 is 18.7 Å². The molecule has 0 aliphatic carbocycles. The lowest BCUT2D eigenvalue weighted by Crippen LogP contribution is -2.48. The Labute approximate surface area is 224 Å². The molecule has 38 heavy (non-hydrogen) atoms. The fraction of sp³-hybridized carbons (Fsp3) is 0.448. The Bertz CT molecular complexity index is 1170. The molecule has 1 aromatic carbocycles. The van der Waals surface area contributed by atoms with Gasteiger partial charge in [0.05, 0.1) is 0 Å². The van der Waals surface area contributed by atoms with Crippen LogP contribution in [0.1, 0.15) is 51.8 Å². The monoisotopic (exact) mass is 523 g/mol. The second-order valence-corrected chi connectivity index (χ2v) is 10.6. The molecular formula is C29H38FN5O3. The predicted octanol–water partition coefficient (Wildman–Crippen LogP) is 5.43. The highest BCUT2D eigenvalue weighted by Crippen LogP contribution is 2.26. The van der Waals surface area contributed by atoms with Crippen LogP contribution in [-0.4, -0.2) is 58.6 Å². The number of halogens is 1. The molecule has 0 saturated carbocycles. The van der Waals surface area contributed by atoms with E-state index in [0.717, 1.165) is 41.8 Å². The third-order valence-corrected chi connectivity index (χ3v) is 5.87. The van der Waals surface area contributed by atoms with Gasteiger partial charge in [0.15, 0.2) is 6.30 Å². The molecule has 1 unspecified atom stereocenters. The number of hydrogen-bond acceptors (Lipinski definition) is 6. The van der Waals surface area contributed by atoms with E-state index in [1.54, 1.807) is 6.20 Å². The Morgan fingerprint density at radius 3 is 2.68 bits per heavy atom. The topological polar surface area (TPSA) is 95.9 Å². The van der Waals surface area contributed by atoms with Crippen molar-refractivity contribution in [2.45, 2.75) is 71.9 Å². The number of likely N-dealkylation sites (tertiary alicyclic amines) is 1. The zero-order chi connectivity index (χ0) is 27.9. The molecule has 3 rings (SSSR count). The molecule has 1 aliphatic rings. The quantitative estimate of drug-likeness (QED) is 0.356. The summed E-state index contributed by atoms with van der Waals surface area (Å²) in [7, 11) is 0. The van der Waals surface area contributed by atoms with Crippen molar-refractivity contribution in [3.8, 4) is 11.1 Å². The summed E-state index contributed by atoms with van der Waals surface area (Å²) in [6.45, 7) is 14.5. The number of piperidine rings is 1. The van der Waals surface area contributed by atoms with Crippen molar-refractivity contribution in [2.24, 2.45) is 4.99 Å². The summed E-state index contributed by atoms with van der Waals surface area (Å²) in [5.74, 6) is -0.533. The fourth-order valence-electron chi connectivity index (χ4n) is 4.30. The first-order valence-corrected chi connectivity index (χ1v) is 12.9. The van der Waals surface area contributed by atoms with Gasteiger partial charge in [0.1, 0.15) is 11.3 Å². The highest BCUT2D eigenvalue weighted by Gasteiger charge is 2.24. The highest BCUT2D eigenvalue weighted by molar-refractivity contribution is 6.47. The molecule has 1 fully saturated rings. The van der Waals surface area contributed by atoms with Crippen LogP contribution in [0.2, 0.25) is 0 Å². The van der Waals surface area contributed by atoms with E-state index >= 15 is 0 Å². The molecule has 2 amide bonds. The second kappa shape index (κ2) is 12.8. The van der Waals surface area contributed by atoms with Gasteiger partial charge in [-0.2, -0.15) is 0 Å². The van der Waals surface area contributed by atoms with Crippen LogP contribution in [0.25, 0.3) is 11.1 Å².